The number of aliphatic hydroxyl groups is 1. The summed E-state index contributed by atoms with van der Waals surface area (Å²) in [4.78, 5) is 49.4. The minimum Gasteiger partial charge on any atom is -0.480 e. The first kappa shape index (κ1) is 29.8. The molecule has 0 aromatic carbocycles. The summed E-state index contributed by atoms with van der Waals surface area (Å²) in [5.74, 6) is -3.89. The quantitative estimate of drug-likeness (QED) is 0.152. The Balaban J connectivity index is 5.38. The fraction of sp³-hybridized carbons (Fsp3) is 0.810. The number of hydrogen-bond donors (Lipinski definition) is 7. The monoisotopic (exact) mass is 459 g/mol. The van der Waals surface area contributed by atoms with E-state index in [1.54, 1.807) is 20.8 Å². The second kappa shape index (κ2) is 14.8. The maximum Gasteiger partial charge on any atom is 0.326 e. The first-order valence-corrected chi connectivity index (χ1v) is 11.1. The molecule has 0 aromatic rings. The highest BCUT2D eigenvalue weighted by atomic mass is 16.4. The molecule has 0 saturated heterocycles. The highest BCUT2D eigenvalue weighted by Gasteiger charge is 2.34. The second-order valence-corrected chi connectivity index (χ2v) is 8.56. The number of amides is 3. The fourth-order valence-electron chi connectivity index (χ4n) is 3.01. The van der Waals surface area contributed by atoms with Crippen LogP contribution in [0, 0.1) is 11.8 Å². The molecule has 6 unspecified atom stereocenters. The van der Waals surface area contributed by atoms with Crippen molar-refractivity contribution in [2.24, 2.45) is 23.3 Å². The van der Waals surface area contributed by atoms with Crippen LogP contribution in [0.5, 0.6) is 0 Å². The van der Waals surface area contributed by atoms with Crippen LogP contribution >= 0.6 is 0 Å². The van der Waals surface area contributed by atoms with E-state index >= 15 is 0 Å². The van der Waals surface area contributed by atoms with Gasteiger partial charge in [0.15, 0.2) is 0 Å². The molecule has 11 nitrogen and oxygen atoms in total. The van der Waals surface area contributed by atoms with Gasteiger partial charge in [-0.3, -0.25) is 14.4 Å². The summed E-state index contributed by atoms with van der Waals surface area (Å²) in [5.41, 5.74) is 11.3. The number of nitrogens with two attached hydrogens (primary N) is 2. The first-order valence-electron chi connectivity index (χ1n) is 11.1. The standard InChI is InChI=1S/C21H41N5O6/c1-6-12(4)16(19(29)24-15(11(2)3)21(31)32)25-20(30)17(13(5)27)26-18(28)14(23)9-7-8-10-22/h11-17,27H,6-10,22-23H2,1-5H3,(H,24,29)(H,25,30)(H,26,28)(H,31,32). The number of rotatable bonds is 15. The van der Waals surface area contributed by atoms with Gasteiger partial charge in [-0.1, -0.05) is 40.5 Å². The summed E-state index contributed by atoms with van der Waals surface area (Å²) in [6, 6.07) is -4.37. The third kappa shape index (κ3) is 9.92. The molecule has 0 aliphatic carbocycles. The van der Waals surface area contributed by atoms with Crippen LogP contribution in [0.1, 0.15) is 60.3 Å². The zero-order valence-corrected chi connectivity index (χ0v) is 19.8. The number of carboxylic acids is 1. The number of carbonyl (C=O) groups is 4. The highest BCUT2D eigenvalue weighted by molar-refractivity contribution is 5.94. The molecule has 9 N–H and O–H groups in total. The molecule has 0 bridgehead atoms. The third-order valence-corrected chi connectivity index (χ3v) is 5.39. The van der Waals surface area contributed by atoms with Crippen LogP contribution in [0.25, 0.3) is 0 Å². The Labute approximate surface area is 190 Å². The number of carbonyl (C=O) groups excluding carboxylic acids is 3. The van der Waals surface area contributed by atoms with Gasteiger partial charge in [0.05, 0.1) is 12.1 Å². The van der Waals surface area contributed by atoms with Crippen molar-refractivity contribution in [2.45, 2.75) is 90.6 Å². The van der Waals surface area contributed by atoms with Gasteiger partial charge in [-0.05, 0) is 38.1 Å². The average molecular weight is 460 g/mol. The van der Waals surface area contributed by atoms with Gasteiger partial charge in [0, 0.05) is 0 Å². The Morgan fingerprint density at radius 2 is 1.34 bits per heavy atom. The SMILES string of the molecule is CCC(C)C(NC(=O)C(NC(=O)C(N)CCCCN)C(C)O)C(=O)NC(C(=O)O)C(C)C. The Morgan fingerprint density at radius 3 is 1.78 bits per heavy atom. The van der Waals surface area contributed by atoms with Crippen molar-refractivity contribution in [2.75, 3.05) is 6.54 Å². The zero-order chi connectivity index (χ0) is 25.0. The Morgan fingerprint density at radius 1 is 0.844 bits per heavy atom. The molecule has 0 saturated carbocycles. The van der Waals surface area contributed by atoms with Crippen molar-refractivity contribution in [3.8, 4) is 0 Å². The van der Waals surface area contributed by atoms with E-state index in [4.69, 9.17) is 11.5 Å². The van der Waals surface area contributed by atoms with Crippen molar-refractivity contribution in [3.05, 3.63) is 0 Å². The molecular weight excluding hydrogens is 418 g/mol. The second-order valence-electron chi connectivity index (χ2n) is 8.56. The van der Waals surface area contributed by atoms with E-state index in [2.05, 4.69) is 16.0 Å². The summed E-state index contributed by atoms with van der Waals surface area (Å²) in [7, 11) is 0. The van der Waals surface area contributed by atoms with Gasteiger partial charge in [0.2, 0.25) is 17.7 Å². The summed E-state index contributed by atoms with van der Waals surface area (Å²) in [6.45, 7) is 8.69. The Hall–Kier alpha value is -2.24. The third-order valence-electron chi connectivity index (χ3n) is 5.39. The van der Waals surface area contributed by atoms with Crippen LogP contribution in [0.4, 0.5) is 0 Å². The average Bonchev–Trinajstić information content (AvgIpc) is 2.72. The number of aliphatic carboxylic acids is 1. The smallest absolute Gasteiger partial charge is 0.326 e. The van der Waals surface area contributed by atoms with Gasteiger partial charge >= 0.3 is 5.97 Å². The molecule has 11 heteroatoms. The predicted octanol–water partition coefficient (Wildman–Crippen LogP) is -0.935. The van der Waals surface area contributed by atoms with E-state index < -0.39 is 54.0 Å². The van der Waals surface area contributed by atoms with Gasteiger partial charge in [-0.15, -0.1) is 0 Å². The first-order chi connectivity index (χ1) is 14.9. The minimum absolute atomic E-state index is 0.329. The Kier molecular flexibility index (Phi) is 13.7. The van der Waals surface area contributed by atoms with Gasteiger partial charge in [0.1, 0.15) is 18.1 Å². The summed E-state index contributed by atoms with van der Waals surface area (Å²) < 4.78 is 0. The molecule has 186 valence electrons. The lowest BCUT2D eigenvalue weighted by molar-refractivity contribution is -0.144. The lowest BCUT2D eigenvalue weighted by atomic mass is 9.96. The zero-order valence-electron chi connectivity index (χ0n) is 19.8. The molecule has 0 heterocycles. The van der Waals surface area contributed by atoms with E-state index in [1.165, 1.54) is 6.92 Å². The number of carboxylic acid groups (broad SMARTS) is 1. The van der Waals surface area contributed by atoms with E-state index in [-0.39, 0.29) is 11.8 Å². The van der Waals surface area contributed by atoms with Crippen molar-refractivity contribution in [1.29, 1.82) is 0 Å². The van der Waals surface area contributed by atoms with Crippen molar-refractivity contribution in [3.63, 3.8) is 0 Å². The Bertz CT molecular complexity index is 628. The van der Waals surface area contributed by atoms with E-state index in [1.807, 2.05) is 6.92 Å². The molecule has 32 heavy (non-hydrogen) atoms. The molecule has 0 spiro atoms. The number of hydrogen-bond acceptors (Lipinski definition) is 7. The molecule has 0 aromatic heterocycles. The molecule has 0 aliphatic rings. The maximum absolute atomic E-state index is 12.9. The lowest BCUT2D eigenvalue weighted by Gasteiger charge is -2.29. The molecule has 0 rings (SSSR count). The van der Waals surface area contributed by atoms with Crippen LogP contribution in [0.2, 0.25) is 0 Å². The lowest BCUT2D eigenvalue weighted by Crippen LogP contribution is -2.61. The van der Waals surface area contributed by atoms with Crippen LogP contribution in [-0.4, -0.2) is 70.7 Å². The molecule has 0 aliphatic heterocycles. The molecule has 6 atom stereocenters. The van der Waals surface area contributed by atoms with Crippen LogP contribution in [0.15, 0.2) is 0 Å². The van der Waals surface area contributed by atoms with Crippen molar-refractivity contribution in [1.82, 2.24) is 16.0 Å². The van der Waals surface area contributed by atoms with E-state index in [0.29, 0.717) is 32.2 Å². The molecule has 0 fully saturated rings. The molecular formula is C21H41N5O6. The van der Waals surface area contributed by atoms with Crippen molar-refractivity contribution >= 4 is 23.7 Å². The summed E-state index contributed by atoms with van der Waals surface area (Å²) in [6.07, 6.45) is 1.00. The number of aliphatic hydroxyl groups excluding tert-OH is 1. The van der Waals surface area contributed by atoms with Crippen LogP contribution < -0.4 is 27.4 Å². The van der Waals surface area contributed by atoms with E-state index in [0.717, 1.165) is 0 Å². The van der Waals surface area contributed by atoms with Gasteiger partial charge in [-0.2, -0.15) is 0 Å². The summed E-state index contributed by atoms with van der Waals surface area (Å²) >= 11 is 0. The molecule has 3 amide bonds. The predicted molar refractivity (Wildman–Crippen MR) is 120 cm³/mol. The van der Waals surface area contributed by atoms with Crippen LogP contribution in [0.3, 0.4) is 0 Å². The van der Waals surface area contributed by atoms with E-state index in [9.17, 15) is 29.4 Å². The van der Waals surface area contributed by atoms with Gasteiger partial charge in [-0.25, -0.2) is 4.79 Å². The minimum atomic E-state index is -1.33. The molecule has 0 radical (unpaired) electrons. The number of unbranched alkanes of at least 4 members (excludes halogenated alkanes) is 1. The van der Waals surface area contributed by atoms with Crippen LogP contribution in [-0.2, 0) is 19.2 Å². The van der Waals surface area contributed by atoms with Gasteiger partial charge in [0.25, 0.3) is 0 Å². The fourth-order valence-corrected chi connectivity index (χ4v) is 3.01. The highest BCUT2D eigenvalue weighted by Crippen LogP contribution is 2.11. The van der Waals surface area contributed by atoms with Crippen molar-refractivity contribution < 1.29 is 29.4 Å². The largest absolute Gasteiger partial charge is 0.480 e. The normalized spacial score (nSPS) is 16.9. The van der Waals surface area contributed by atoms with Gasteiger partial charge < -0.3 is 37.6 Å². The summed E-state index contributed by atoms with van der Waals surface area (Å²) in [5, 5.41) is 26.8. The maximum atomic E-state index is 12.9. The topological polar surface area (TPSA) is 197 Å². The number of nitrogens with one attached hydrogen (secondary N) is 3.